The van der Waals surface area contributed by atoms with Crippen molar-refractivity contribution in [3.05, 3.63) is 35.6 Å². The van der Waals surface area contributed by atoms with Gasteiger partial charge < -0.3 is 10.6 Å². The third-order valence-corrected chi connectivity index (χ3v) is 2.16. The Morgan fingerprint density at radius 3 is 2.29 bits per heavy atom. The molecule has 0 spiro atoms. The monoisotopic (exact) mass is 238 g/mol. The van der Waals surface area contributed by atoms with Crippen LogP contribution in [0.5, 0.6) is 0 Å². The molecular formula is C12H15FN2O2. The Labute approximate surface area is 99.2 Å². The van der Waals surface area contributed by atoms with E-state index in [4.69, 9.17) is 0 Å². The van der Waals surface area contributed by atoms with Crippen LogP contribution in [0.2, 0.25) is 0 Å². The normalized spacial score (nSPS) is 9.76. The summed E-state index contributed by atoms with van der Waals surface area (Å²) in [7, 11) is 0. The third kappa shape index (κ3) is 4.63. The second kappa shape index (κ2) is 6.62. The van der Waals surface area contributed by atoms with E-state index in [9.17, 15) is 14.0 Å². The van der Waals surface area contributed by atoms with E-state index in [2.05, 4.69) is 10.6 Å². The molecule has 0 aliphatic carbocycles. The smallest absolute Gasteiger partial charge is 0.309 e. The molecule has 1 aromatic rings. The molecule has 0 unspecified atom stereocenters. The van der Waals surface area contributed by atoms with Crippen molar-refractivity contribution in [2.24, 2.45) is 0 Å². The van der Waals surface area contributed by atoms with Gasteiger partial charge in [-0.05, 0) is 31.0 Å². The highest BCUT2D eigenvalue weighted by Crippen LogP contribution is 2.02. The number of rotatable bonds is 4. The first kappa shape index (κ1) is 13.2. The second-order valence-corrected chi connectivity index (χ2v) is 3.49. The van der Waals surface area contributed by atoms with Crippen LogP contribution < -0.4 is 10.6 Å². The van der Waals surface area contributed by atoms with E-state index < -0.39 is 11.8 Å². The summed E-state index contributed by atoms with van der Waals surface area (Å²) in [5.41, 5.74) is 0.905. The first-order valence-electron chi connectivity index (χ1n) is 5.44. The molecule has 0 bridgehead atoms. The van der Waals surface area contributed by atoms with Crippen LogP contribution in [0.1, 0.15) is 12.5 Å². The fraction of sp³-hybridized carbons (Fsp3) is 0.333. The van der Waals surface area contributed by atoms with Crippen molar-refractivity contribution in [2.45, 2.75) is 13.3 Å². The van der Waals surface area contributed by atoms with Crippen molar-refractivity contribution in [3.8, 4) is 0 Å². The molecular weight excluding hydrogens is 223 g/mol. The highest BCUT2D eigenvalue weighted by molar-refractivity contribution is 6.35. The maximum atomic E-state index is 12.6. The van der Waals surface area contributed by atoms with Gasteiger partial charge in [-0.15, -0.1) is 0 Å². The molecule has 5 heteroatoms. The van der Waals surface area contributed by atoms with Crippen molar-refractivity contribution in [2.75, 3.05) is 13.1 Å². The van der Waals surface area contributed by atoms with Crippen LogP contribution in [-0.4, -0.2) is 24.9 Å². The summed E-state index contributed by atoms with van der Waals surface area (Å²) in [4.78, 5) is 22.3. The van der Waals surface area contributed by atoms with Gasteiger partial charge >= 0.3 is 11.8 Å². The summed E-state index contributed by atoms with van der Waals surface area (Å²) in [6, 6.07) is 6.02. The van der Waals surface area contributed by atoms with Crippen LogP contribution >= 0.6 is 0 Å². The van der Waals surface area contributed by atoms with Gasteiger partial charge in [0.05, 0.1) is 0 Å². The van der Waals surface area contributed by atoms with Crippen molar-refractivity contribution in [1.82, 2.24) is 10.6 Å². The molecule has 17 heavy (non-hydrogen) atoms. The quantitative estimate of drug-likeness (QED) is 0.755. The van der Waals surface area contributed by atoms with Crippen LogP contribution in [-0.2, 0) is 16.0 Å². The second-order valence-electron chi connectivity index (χ2n) is 3.49. The molecule has 0 heterocycles. The minimum absolute atomic E-state index is 0.292. The van der Waals surface area contributed by atoms with Crippen molar-refractivity contribution < 1.29 is 14.0 Å². The SMILES string of the molecule is CCNC(=O)C(=O)NCCc1ccc(F)cc1. The Morgan fingerprint density at radius 1 is 1.12 bits per heavy atom. The predicted octanol–water partition coefficient (Wildman–Crippen LogP) is 0.621. The molecule has 0 radical (unpaired) electrons. The summed E-state index contributed by atoms with van der Waals surface area (Å²) in [6.45, 7) is 2.51. The van der Waals surface area contributed by atoms with Gasteiger partial charge in [-0.1, -0.05) is 12.1 Å². The van der Waals surface area contributed by atoms with E-state index in [1.807, 2.05) is 0 Å². The molecule has 0 aromatic heterocycles. The van der Waals surface area contributed by atoms with E-state index >= 15 is 0 Å². The first-order chi connectivity index (χ1) is 8.13. The lowest BCUT2D eigenvalue weighted by atomic mass is 10.1. The van der Waals surface area contributed by atoms with Crippen molar-refractivity contribution in [1.29, 1.82) is 0 Å². The topological polar surface area (TPSA) is 58.2 Å². The highest BCUT2D eigenvalue weighted by Gasteiger charge is 2.10. The maximum absolute atomic E-state index is 12.6. The molecule has 0 atom stereocenters. The predicted molar refractivity (Wildman–Crippen MR) is 61.8 cm³/mol. The Kier molecular flexibility index (Phi) is 5.13. The molecule has 0 saturated heterocycles. The maximum Gasteiger partial charge on any atom is 0.309 e. The lowest BCUT2D eigenvalue weighted by Crippen LogP contribution is -2.40. The van der Waals surface area contributed by atoms with Crippen LogP contribution in [0, 0.1) is 5.82 Å². The van der Waals surface area contributed by atoms with Crippen molar-refractivity contribution in [3.63, 3.8) is 0 Å². The average molecular weight is 238 g/mol. The number of amides is 2. The van der Waals surface area contributed by atoms with Crippen molar-refractivity contribution >= 4 is 11.8 Å². The number of hydrogen-bond acceptors (Lipinski definition) is 2. The van der Waals surface area contributed by atoms with Gasteiger partial charge in [-0.2, -0.15) is 0 Å². The molecule has 1 aromatic carbocycles. The molecule has 1 rings (SSSR count). The van der Waals surface area contributed by atoms with Gasteiger partial charge in [-0.25, -0.2) is 4.39 Å². The highest BCUT2D eigenvalue weighted by atomic mass is 19.1. The molecule has 2 N–H and O–H groups in total. The Bertz CT molecular complexity index is 390. The van der Waals surface area contributed by atoms with E-state index in [-0.39, 0.29) is 5.82 Å². The summed E-state index contributed by atoms with van der Waals surface area (Å²) in [5.74, 6) is -1.57. The zero-order chi connectivity index (χ0) is 12.7. The van der Waals surface area contributed by atoms with Crippen LogP contribution in [0.3, 0.4) is 0 Å². The summed E-state index contributed by atoms with van der Waals surface area (Å²) < 4.78 is 12.6. The number of halogens is 1. The average Bonchev–Trinajstić information content (AvgIpc) is 2.32. The zero-order valence-corrected chi connectivity index (χ0v) is 9.63. The summed E-state index contributed by atoms with van der Waals surface area (Å²) in [6.07, 6.45) is 0.561. The summed E-state index contributed by atoms with van der Waals surface area (Å²) in [5, 5.41) is 4.89. The number of carbonyl (C=O) groups is 2. The van der Waals surface area contributed by atoms with Gasteiger partial charge in [0.1, 0.15) is 5.82 Å². The van der Waals surface area contributed by atoms with Gasteiger partial charge in [0.2, 0.25) is 0 Å². The lowest BCUT2D eigenvalue weighted by Gasteiger charge is -2.05. The van der Waals surface area contributed by atoms with E-state index in [1.165, 1.54) is 12.1 Å². The first-order valence-corrected chi connectivity index (χ1v) is 5.44. The van der Waals surface area contributed by atoms with Gasteiger partial charge in [0, 0.05) is 13.1 Å². The number of nitrogens with one attached hydrogen (secondary N) is 2. The molecule has 0 aliphatic heterocycles. The third-order valence-electron chi connectivity index (χ3n) is 2.16. The van der Waals surface area contributed by atoms with Crippen LogP contribution in [0.4, 0.5) is 4.39 Å². The van der Waals surface area contributed by atoms with E-state index in [0.29, 0.717) is 19.5 Å². The molecule has 4 nitrogen and oxygen atoms in total. The zero-order valence-electron chi connectivity index (χ0n) is 9.63. The molecule has 0 aliphatic rings. The fourth-order valence-corrected chi connectivity index (χ4v) is 1.29. The minimum atomic E-state index is -0.644. The molecule has 2 amide bonds. The van der Waals surface area contributed by atoms with Gasteiger partial charge in [0.15, 0.2) is 0 Å². The number of hydrogen-bond donors (Lipinski definition) is 2. The van der Waals surface area contributed by atoms with Gasteiger partial charge in [-0.3, -0.25) is 9.59 Å². The largest absolute Gasteiger partial charge is 0.348 e. The van der Waals surface area contributed by atoms with E-state index in [0.717, 1.165) is 5.56 Å². The fourth-order valence-electron chi connectivity index (χ4n) is 1.29. The Balaban J connectivity index is 2.30. The number of likely N-dealkylation sites (N-methyl/N-ethyl adjacent to an activating group) is 1. The van der Waals surface area contributed by atoms with Crippen LogP contribution in [0.15, 0.2) is 24.3 Å². The van der Waals surface area contributed by atoms with Crippen LogP contribution in [0.25, 0.3) is 0 Å². The molecule has 0 saturated carbocycles. The number of carbonyl (C=O) groups excluding carboxylic acids is 2. The lowest BCUT2D eigenvalue weighted by molar-refractivity contribution is -0.139. The molecule has 0 fully saturated rings. The molecule has 92 valence electrons. The van der Waals surface area contributed by atoms with E-state index in [1.54, 1.807) is 19.1 Å². The standard InChI is InChI=1S/C12H15FN2O2/c1-2-14-11(16)12(17)15-8-7-9-3-5-10(13)6-4-9/h3-6H,2,7-8H2,1H3,(H,14,16)(H,15,17). The van der Waals surface area contributed by atoms with Gasteiger partial charge in [0.25, 0.3) is 0 Å². The Morgan fingerprint density at radius 2 is 1.71 bits per heavy atom. The summed E-state index contributed by atoms with van der Waals surface area (Å²) >= 11 is 0. The minimum Gasteiger partial charge on any atom is -0.348 e. The Hall–Kier alpha value is -1.91. The number of benzene rings is 1.